The number of fused-ring (bicyclic) bond motifs is 1. The van der Waals surface area contributed by atoms with E-state index in [2.05, 4.69) is 5.32 Å². The molecule has 23 heavy (non-hydrogen) atoms. The van der Waals surface area contributed by atoms with Crippen LogP contribution < -0.4 is 5.32 Å². The van der Waals surface area contributed by atoms with Gasteiger partial charge in [-0.15, -0.1) is 11.3 Å². The summed E-state index contributed by atoms with van der Waals surface area (Å²) < 4.78 is 10.2. The molecule has 3 rings (SSSR count). The van der Waals surface area contributed by atoms with Crippen LogP contribution in [0.5, 0.6) is 0 Å². The van der Waals surface area contributed by atoms with Crippen LogP contribution >= 0.6 is 11.3 Å². The summed E-state index contributed by atoms with van der Waals surface area (Å²) in [6, 6.07) is 3.62. The van der Waals surface area contributed by atoms with Crippen molar-refractivity contribution in [2.45, 2.75) is 26.2 Å². The number of thiophene rings is 1. The molecule has 1 aliphatic rings. The van der Waals surface area contributed by atoms with Crippen LogP contribution in [-0.4, -0.2) is 19.0 Å². The minimum absolute atomic E-state index is 0.302. The summed E-state index contributed by atoms with van der Waals surface area (Å²) in [6.07, 6.45) is 5.83. The predicted molar refractivity (Wildman–Crippen MR) is 88.8 cm³/mol. The molecule has 1 amide bonds. The first kappa shape index (κ1) is 15.6. The third-order valence-corrected chi connectivity index (χ3v) is 4.91. The summed E-state index contributed by atoms with van der Waals surface area (Å²) in [5.74, 6) is 0.696. The second-order valence-corrected chi connectivity index (χ2v) is 6.43. The Morgan fingerprint density at radius 2 is 2.17 bits per heavy atom. The summed E-state index contributed by atoms with van der Waals surface area (Å²) in [5.41, 5.74) is 1.52. The van der Waals surface area contributed by atoms with Crippen LogP contribution in [0.25, 0.3) is 6.08 Å². The lowest BCUT2D eigenvalue weighted by Crippen LogP contribution is -2.12. The summed E-state index contributed by atoms with van der Waals surface area (Å²) in [5, 5.41) is 3.34. The first-order valence-electron chi connectivity index (χ1n) is 7.37. The minimum Gasteiger partial charge on any atom is -0.465 e. The zero-order valence-corrected chi connectivity index (χ0v) is 13.8. The molecule has 0 fully saturated rings. The van der Waals surface area contributed by atoms with E-state index < -0.39 is 5.97 Å². The highest BCUT2D eigenvalue weighted by molar-refractivity contribution is 7.17. The van der Waals surface area contributed by atoms with Crippen LogP contribution in [0.1, 0.15) is 38.7 Å². The van der Waals surface area contributed by atoms with Crippen molar-refractivity contribution >= 4 is 34.3 Å². The van der Waals surface area contributed by atoms with Gasteiger partial charge in [0.05, 0.1) is 12.7 Å². The fourth-order valence-corrected chi connectivity index (χ4v) is 3.95. The maximum absolute atomic E-state index is 12.1. The highest BCUT2D eigenvalue weighted by Crippen LogP contribution is 2.39. The molecule has 2 heterocycles. The molecule has 0 saturated carbocycles. The average molecular weight is 331 g/mol. The van der Waals surface area contributed by atoms with Gasteiger partial charge in [0.1, 0.15) is 16.5 Å². The molecule has 0 unspecified atom stereocenters. The lowest BCUT2D eigenvalue weighted by molar-refractivity contribution is -0.111. The van der Waals surface area contributed by atoms with Gasteiger partial charge in [0, 0.05) is 11.0 Å². The SMILES string of the molecule is COC(=O)c1c(NC(=O)C=Cc2ccc(C)o2)sc2c1CCC2. The molecule has 120 valence electrons. The molecule has 0 saturated heterocycles. The van der Waals surface area contributed by atoms with Crippen molar-refractivity contribution in [3.8, 4) is 0 Å². The van der Waals surface area contributed by atoms with E-state index in [1.165, 1.54) is 24.5 Å². The van der Waals surface area contributed by atoms with Gasteiger partial charge in [-0.1, -0.05) is 0 Å². The third-order valence-electron chi connectivity index (χ3n) is 3.71. The molecule has 1 aliphatic carbocycles. The molecule has 0 aliphatic heterocycles. The number of carbonyl (C=O) groups excluding carboxylic acids is 2. The van der Waals surface area contributed by atoms with Gasteiger partial charge >= 0.3 is 5.97 Å². The van der Waals surface area contributed by atoms with Gasteiger partial charge in [-0.2, -0.15) is 0 Å². The van der Waals surface area contributed by atoms with Crippen LogP contribution in [0.15, 0.2) is 22.6 Å². The van der Waals surface area contributed by atoms with Crippen LogP contribution in [0.4, 0.5) is 5.00 Å². The third kappa shape index (κ3) is 3.22. The van der Waals surface area contributed by atoms with Gasteiger partial charge in [-0.25, -0.2) is 4.79 Å². The van der Waals surface area contributed by atoms with Crippen molar-refractivity contribution in [2.24, 2.45) is 0 Å². The molecular weight excluding hydrogens is 314 g/mol. The van der Waals surface area contributed by atoms with Crippen LogP contribution in [0.2, 0.25) is 0 Å². The number of nitrogens with one attached hydrogen (secondary N) is 1. The Balaban J connectivity index is 1.78. The topological polar surface area (TPSA) is 68.5 Å². The van der Waals surface area contributed by atoms with E-state index >= 15 is 0 Å². The van der Waals surface area contributed by atoms with E-state index in [9.17, 15) is 9.59 Å². The first-order valence-corrected chi connectivity index (χ1v) is 8.18. The number of rotatable bonds is 4. The minimum atomic E-state index is -0.398. The highest BCUT2D eigenvalue weighted by Gasteiger charge is 2.27. The number of ether oxygens (including phenoxy) is 1. The van der Waals surface area contributed by atoms with Gasteiger partial charge in [0.2, 0.25) is 5.91 Å². The normalized spacial score (nSPS) is 13.3. The van der Waals surface area contributed by atoms with Gasteiger partial charge in [-0.05, 0) is 50.0 Å². The number of furan rings is 1. The maximum atomic E-state index is 12.1. The number of methoxy groups -OCH3 is 1. The lowest BCUT2D eigenvalue weighted by Gasteiger charge is -2.05. The Hall–Kier alpha value is -2.34. The van der Waals surface area contributed by atoms with Crippen molar-refractivity contribution < 1.29 is 18.7 Å². The Morgan fingerprint density at radius 3 is 2.87 bits per heavy atom. The molecule has 0 spiro atoms. The molecule has 0 aromatic carbocycles. The van der Waals surface area contributed by atoms with Crippen molar-refractivity contribution in [1.29, 1.82) is 0 Å². The summed E-state index contributed by atoms with van der Waals surface area (Å²) in [6.45, 7) is 1.84. The zero-order chi connectivity index (χ0) is 16.4. The molecule has 6 heteroatoms. The molecular formula is C17H17NO4S. The van der Waals surface area contributed by atoms with E-state index in [-0.39, 0.29) is 5.91 Å². The number of anilines is 1. The van der Waals surface area contributed by atoms with Crippen LogP contribution in [0, 0.1) is 6.92 Å². The molecule has 0 radical (unpaired) electrons. The Morgan fingerprint density at radius 1 is 1.35 bits per heavy atom. The van der Waals surface area contributed by atoms with Crippen molar-refractivity contribution in [1.82, 2.24) is 0 Å². The number of carbonyl (C=O) groups is 2. The molecule has 2 aromatic rings. The zero-order valence-electron chi connectivity index (χ0n) is 13.0. The number of aryl methyl sites for hydroxylation is 2. The van der Waals surface area contributed by atoms with Crippen molar-refractivity contribution in [2.75, 3.05) is 12.4 Å². The van der Waals surface area contributed by atoms with Crippen LogP contribution in [-0.2, 0) is 22.4 Å². The quantitative estimate of drug-likeness (QED) is 0.687. The monoisotopic (exact) mass is 331 g/mol. The number of hydrogen-bond donors (Lipinski definition) is 1. The standard InChI is InChI=1S/C17H17NO4S/c1-10-6-7-11(22-10)8-9-14(19)18-16-15(17(20)21-2)12-4-3-5-13(12)23-16/h6-9H,3-5H2,1-2H3,(H,18,19). The Labute approximate surface area is 137 Å². The van der Waals surface area contributed by atoms with E-state index in [1.54, 1.807) is 12.1 Å². The lowest BCUT2D eigenvalue weighted by atomic mass is 10.1. The molecule has 2 aromatic heterocycles. The Bertz CT molecular complexity index is 785. The van der Waals surface area contributed by atoms with E-state index in [0.717, 1.165) is 35.5 Å². The smallest absolute Gasteiger partial charge is 0.341 e. The first-order chi connectivity index (χ1) is 11.1. The largest absolute Gasteiger partial charge is 0.465 e. The maximum Gasteiger partial charge on any atom is 0.341 e. The van der Waals surface area contributed by atoms with E-state index in [4.69, 9.17) is 9.15 Å². The molecule has 1 N–H and O–H groups in total. The van der Waals surface area contributed by atoms with E-state index in [1.807, 2.05) is 13.0 Å². The second kappa shape index (κ2) is 6.42. The molecule has 0 bridgehead atoms. The van der Waals surface area contributed by atoms with Gasteiger partial charge < -0.3 is 14.5 Å². The highest BCUT2D eigenvalue weighted by atomic mass is 32.1. The van der Waals surface area contributed by atoms with Crippen molar-refractivity contribution in [3.63, 3.8) is 0 Å². The van der Waals surface area contributed by atoms with Gasteiger partial charge in [0.15, 0.2) is 0 Å². The fraction of sp³-hybridized carbons (Fsp3) is 0.294. The van der Waals surface area contributed by atoms with E-state index in [0.29, 0.717) is 16.3 Å². The number of hydrogen-bond acceptors (Lipinski definition) is 5. The van der Waals surface area contributed by atoms with Gasteiger partial charge in [-0.3, -0.25) is 4.79 Å². The fourth-order valence-electron chi connectivity index (χ4n) is 2.66. The predicted octanol–water partition coefficient (Wildman–Crippen LogP) is 3.58. The van der Waals surface area contributed by atoms with Crippen molar-refractivity contribution in [3.05, 3.63) is 45.7 Å². The summed E-state index contributed by atoms with van der Waals surface area (Å²) >= 11 is 1.46. The van der Waals surface area contributed by atoms with Gasteiger partial charge in [0.25, 0.3) is 0 Å². The Kier molecular flexibility index (Phi) is 4.34. The number of amides is 1. The summed E-state index contributed by atoms with van der Waals surface area (Å²) in [4.78, 5) is 25.3. The van der Waals surface area contributed by atoms with Crippen LogP contribution in [0.3, 0.4) is 0 Å². The molecule has 0 atom stereocenters. The second-order valence-electron chi connectivity index (χ2n) is 5.32. The number of esters is 1. The summed E-state index contributed by atoms with van der Waals surface area (Å²) in [7, 11) is 1.35. The average Bonchev–Trinajstić information content (AvgIpc) is 3.20. The molecule has 5 nitrogen and oxygen atoms in total.